The fourth-order valence-corrected chi connectivity index (χ4v) is 0.591. The highest BCUT2D eigenvalue weighted by molar-refractivity contribution is 6.35. The third-order valence-corrected chi connectivity index (χ3v) is 1.34. The standard InChI is InChI=1S/C8H9ClO2/c1-4-5-7(9)6(2)8(10)11-3/h4-5H,1-2H2,3H3/b7-5-. The van der Waals surface area contributed by atoms with Crippen molar-refractivity contribution in [3.63, 3.8) is 0 Å². The zero-order chi connectivity index (χ0) is 8.85. The van der Waals surface area contributed by atoms with E-state index >= 15 is 0 Å². The maximum Gasteiger partial charge on any atom is 0.338 e. The van der Waals surface area contributed by atoms with E-state index in [0.29, 0.717) is 0 Å². The van der Waals surface area contributed by atoms with Crippen molar-refractivity contribution in [3.05, 3.63) is 35.9 Å². The van der Waals surface area contributed by atoms with E-state index < -0.39 is 5.97 Å². The summed E-state index contributed by atoms with van der Waals surface area (Å²) < 4.78 is 4.38. The Morgan fingerprint density at radius 2 is 2.18 bits per heavy atom. The normalized spacial score (nSPS) is 10.5. The molecule has 0 rings (SSSR count). The van der Waals surface area contributed by atoms with Gasteiger partial charge in [0.05, 0.1) is 17.7 Å². The predicted octanol–water partition coefficient (Wildman–Crippen LogP) is 2.02. The first-order valence-corrected chi connectivity index (χ1v) is 3.27. The van der Waals surface area contributed by atoms with Crippen LogP contribution >= 0.6 is 11.6 Å². The lowest BCUT2D eigenvalue weighted by Gasteiger charge is -1.99. The SMILES string of the molecule is C=C/C=C(\Cl)C(=C)C(=O)OC. The van der Waals surface area contributed by atoms with Crippen molar-refractivity contribution < 1.29 is 9.53 Å². The fraction of sp³-hybridized carbons (Fsp3) is 0.125. The Hall–Kier alpha value is -1.02. The van der Waals surface area contributed by atoms with E-state index in [-0.39, 0.29) is 10.6 Å². The van der Waals surface area contributed by atoms with Gasteiger partial charge in [-0.3, -0.25) is 0 Å². The quantitative estimate of drug-likeness (QED) is 0.370. The Labute approximate surface area is 70.8 Å². The lowest BCUT2D eigenvalue weighted by Crippen LogP contribution is -2.03. The Kier molecular flexibility index (Phi) is 4.30. The van der Waals surface area contributed by atoms with Gasteiger partial charge in [-0.05, 0) is 6.08 Å². The van der Waals surface area contributed by atoms with E-state index in [0.717, 1.165) is 0 Å². The highest BCUT2D eigenvalue weighted by Crippen LogP contribution is 2.13. The number of rotatable bonds is 3. The van der Waals surface area contributed by atoms with Crippen molar-refractivity contribution in [2.75, 3.05) is 7.11 Å². The second kappa shape index (κ2) is 4.74. The zero-order valence-corrected chi connectivity index (χ0v) is 7.02. The van der Waals surface area contributed by atoms with Gasteiger partial charge in [0.2, 0.25) is 0 Å². The summed E-state index contributed by atoms with van der Waals surface area (Å²) in [6, 6.07) is 0. The van der Waals surface area contributed by atoms with Gasteiger partial charge in [-0.2, -0.15) is 0 Å². The summed E-state index contributed by atoms with van der Waals surface area (Å²) in [5, 5.41) is 0.242. The van der Waals surface area contributed by atoms with E-state index in [1.54, 1.807) is 0 Å². The molecule has 11 heavy (non-hydrogen) atoms. The molecule has 2 nitrogen and oxygen atoms in total. The van der Waals surface area contributed by atoms with Crippen LogP contribution in [0.4, 0.5) is 0 Å². The molecule has 0 fully saturated rings. The maximum atomic E-state index is 10.7. The number of methoxy groups -OCH3 is 1. The van der Waals surface area contributed by atoms with Gasteiger partial charge in [0.15, 0.2) is 0 Å². The molecule has 0 radical (unpaired) electrons. The number of halogens is 1. The number of esters is 1. The van der Waals surface area contributed by atoms with Crippen LogP contribution in [0, 0.1) is 0 Å². The van der Waals surface area contributed by atoms with E-state index in [4.69, 9.17) is 11.6 Å². The van der Waals surface area contributed by atoms with E-state index in [2.05, 4.69) is 17.9 Å². The highest BCUT2D eigenvalue weighted by Gasteiger charge is 2.08. The minimum atomic E-state index is -0.534. The molecule has 3 heteroatoms. The number of ether oxygens (including phenoxy) is 1. The van der Waals surface area contributed by atoms with Crippen LogP contribution < -0.4 is 0 Å². The molecule has 0 heterocycles. The lowest BCUT2D eigenvalue weighted by molar-refractivity contribution is -0.135. The topological polar surface area (TPSA) is 26.3 Å². The summed E-state index contributed by atoms with van der Waals surface area (Å²) in [6.45, 7) is 6.84. The van der Waals surface area contributed by atoms with Crippen LogP contribution in [-0.4, -0.2) is 13.1 Å². The number of carbonyl (C=O) groups excluding carboxylic acids is 1. The molecule has 0 amide bonds. The molecule has 0 saturated carbocycles. The maximum absolute atomic E-state index is 10.7. The number of hydrogen-bond donors (Lipinski definition) is 0. The van der Waals surface area contributed by atoms with Crippen LogP contribution in [0.2, 0.25) is 0 Å². The fourth-order valence-electron chi connectivity index (χ4n) is 0.425. The smallest absolute Gasteiger partial charge is 0.338 e. The Morgan fingerprint density at radius 1 is 1.64 bits per heavy atom. The van der Waals surface area contributed by atoms with Gasteiger partial charge in [-0.25, -0.2) is 4.79 Å². The van der Waals surface area contributed by atoms with Gasteiger partial charge in [-0.1, -0.05) is 30.8 Å². The lowest BCUT2D eigenvalue weighted by atomic mass is 10.3. The number of allylic oxidation sites excluding steroid dienone is 2. The van der Waals surface area contributed by atoms with Crippen LogP contribution in [0.15, 0.2) is 35.9 Å². The summed E-state index contributed by atoms with van der Waals surface area (Å²) in [6.07, 6.45) is 2.94. The molecule has 0 aromatic heterocycles. The Morgan fingerprint density at radius 3 is 2.55 bits per heavy atom. The van der Waals surface area contributed by atoms with Gasteiger partial charge >= 0.3 is 5.97 Å². The molecule has 0 aromatic carbocycles. The number of hydrogen-bond acceptors (Lipinski definition) is 2. The molecular formula is C8H9ClO2. The second-order valence-corrected chi connectivity index (χ2v) is 2.13. The van der Waals surface area contributed by atoms with Crippen LogP contribution in [0.5, 0.6) is 0 Å². The van der Waals surface area contributed by atoms with Gasteiger partial charge in [-0.15, -0.1) is 0 Å². The first kappa shape index (κ1) is 9.98. The first-order chi connectivity index (χ1) is 5.13. The van der Waals surface area contributed by atoms with E-state index in [1.807, 2.05) is 0 Å². The van der Waals surface area contributed by atoms with Crippen LogP contribution in [0.3, 0.4) is 0 Å². The first-order valence-electron chi connectivity index (χ1n) is 2.89. The monoisotopic (exact) mass is 172 g/mol. The van der Waals surface area contributed by atoms with Crippen molar-refractivity contribution >= 4 is 17.6 Å². The second-order valence-electron chi connectivity index (χ2n) is 1.72. The largest absolute Gasteiger partial charge is 0.465 e. The van der Waals surface area contributed by atoms with E-state index in [9.17, 15) is 4.79 Å². The molecule has 0 aliphatic rings. The minimum absolute atomic E-state index is 0.133. The minimum Gasteiger partial charge on any atom is -0.465 e. The summed E-state index contributed by atoms with van der Waals surface area (Å²) in [5.41, 5.74) is 0.133. The van der Waals surface area contributed by atoms with Crippen LogP contribution in [0.1, 0.15) is 0 Å². The molecule has 0 bridgehead atoms. The Bertz CT molecular complexity index is 216. The van der Waals surface area contributed by atoms with Crippen molar-refractivity contribution in [1.29, 1.82) is 0 Å². The molecule has 0 atom stereocenters. The zero-order valence-electron chi connectivity index (χ0n) is 6.26. The van der Waals surface area contributed by atoms with Crippen LogP contribution in [0.25, 0.3) is 0 Å². The molecular weight excluding hydrogens is 164 g/mol. The van der Waals surface area contributed by atoms with Crippen molar-refractivity contribution in [1.82, 2.24) is 0 Å². The molecule has 0 aliphatic carbocycles. The van der Waals surface area contributed by atoms with E-state index in [1.165, 1.54) is 19.3 Å². The highest BCUT2D eigenvalue weighted by atomic mass is 35.5. The summed E-state index contributed by atoms with van der Waals surface area (Å²) in [5.74, 6) is -0.534. The third kappa shape index (κ3) is 3.05. The molecule has 0 aliphatic heterocycles. The third-order valence-electron chi connectivity index (χ3n) is 0.984. The average Bonchev–Trinajstić information content (AvgIpc) is 2.02. The Balaban J connectivity index is 4.37. The molecule has 0 spiro atoms. The van der Waals surface area contributed by atoms with Crippen LogP contribution in [-0.2, 0) is 9.53 Å². The van der Waals surface area contributed by atoms with Gasteiger partial charge < -0.3 is 4.74 Å². The van der Waals surface area contributed by atoms with Gasteiger partial charge in [0.1, 0.15) is 0 Å². The molecule has 0 unspecified atom stereocenters. The average molecular weight is 173 g/mol. The number of carbonyl (C=O) groups is 1. The predicted molar refractivity (Wildman–Crippen MR) is 45.3 cm³/mol. The molecule has 0 saturated heterocycles. The van der Waals surface area contributed by atoms with Crippen molar-refractivity contribution in [2.24, 2.45) is 0 Å². The molecule has 0 aromatic rings. The van der Waals surface area contributed by atoms with Gasteiger partial charge in [0, 0.05) is 0 Å². The summed E-state index contributed by atoms with van der Waals surface area (Å²) in [4.78, 5) is 10.7. The molecule has 60 valence electrons. The molecule has 0 N–H and O–H groups in total. The van der Waals surface area contributed by atoms with Crippen molar-refractivity contribution in [2.45, 2.75) is 0 Å². The van der Waals surface area contributed by atoms with Gasteiger partial charge in [0.25, 0.3) is 0 Å². The summed E-state index contributed by atoms with van der Waals surface area (Å²) >= 11 is 5.59. The summed E-state index contributed by atoms with van der Waals surface area (Å²) in [7, 11) is 1.27. The van der Waals surface area contributed by atoms with Crippen molar-refractivity contribution in [3.8, 4) is 0 Å².